The summed E-state index contributed by atoms with van der Waals surface area (Å²) in [5.41, 5.74) is 6.80. The lowest BCUT2D eigenvalue weighted by Gasteiger charge is -2.17. The molecule has 0 unspecified atom stereocenters. The molecule has 0 bridgehead atoms. The van der Waals surface area contributed by atoms with Crippen LogP contribution in [-0.4, -0.2) is 32.9 Å². The standard InChI is InChI=1S/C23H29N3O3S/c1-3-26(2)15-16-10-12-19(13-11-16)30(28,29)25-23(27)24-22-20-8-4-6-17(20)14-18-7-5-9-21(18)22/h10-14H,3-9,15H2,1-2H3,(H2,24,25,27). The molecule has 0 saturated heterocycles. The van der Waals surface area contributed by atoms with E-state index in [-0.39, 0.29) is 4.90 Å². The van der Waals surface area contributed by atoms with Crippen LogP contribution in [0.5, 0.6) is 0 Å². The van der Waals surface area contributed by atoms with Crippen LogP contribution in [0, 0.1) is 0 Å². The van der Waals surface area contributed by atoms with Crippen LogP contribution in [-0.2, 0) is 42.3 Å². The number of fused-ring (bicyclic) bond motifs is 2. The third-order valence-electron chi connectivity index (χ3n) is 6.16. The van der Waals surface area contributed by atoms with E-state index in [9.17, 15) is 13.2 Å². The number of carbonyl (C=O) groups excluding carboxylic acids is 1. The number of urea groups is 1. The van der Waals surface area contributed by atoms with E-state index in [2.05, 4.69) is 27.9 Å². The van der Waals surface area contributed by atoms with E-state index in [1.54, 1.807) is 24.3 Å². The molecule has 2 aromatic rings. The van der Waals surface area contributed by atoms with Gasteiger partial charge in [-0.25, -0.2) is 17.9 Å². The van der Waals surface area contributed by atoms with Crippen molar-refractivity contribution >= 4 is 21.7 Å². The maximum Gasteiger partial charge on any atom is 0.333 e. The lowest BCUT2D eigenvalue weighted by molar-refractivity contribution is 0.256. The quantitative estimate of drug-likeness (QED) is 0.738. The van der Waals surface area contributed by atoms with Gasteiger partial charge in [-0.3, -0.25) is 0 Å². The molecule has 0 radical (unpaired) electrons. The minimum absolute atomic E-state index is 0.0871. The van der Waals surface area contributed by atoms with Crippen molar-refractivity contribution in [1.29, 1.82) is 0 Å². The largest absolute Gasteiger partial charge is 0.333 e. The van der Waals surface area contributed by atoms with E-state index in [0.717, 1.165) is 62.9 Å². The number of aryl methyl sites for hydroxylation is 2. The smallest absolute Gasteiger partial charge is 0.307 e. The van der Waals surface area contributed by atoms with Gasteiger partial charge in [0.25, 0.3) is 10.0 Å². The van der Waals surface area contributed by atoms with Crippen LogP contribution >= 0.6 is 0 Å². The van der Waals surface area contributed by atoms with Crippen molar-refractivity contribution in [3.8, 4) is 0 Å². The summed E-state index contributed by atoms with van der Waals surface area (Å²) in [5.74, 6) is 0. The number of amides is 2. The first-order chi connectivity index (χ1) is 14.4. The number of hydrogen-bond donors (Lipinski definition) is 2. The highest BCUT2D eigenvalue weighted by molar-refractivity contribution is 7.90. The zero-order valence-electron chi connectivity index (χ0n) is 17.6. The maximum atomic E-state index is 12.7. The molecule has 6 nitrogen and oxygen atoms in total. The van der Waals surface area contributed by atoms with Gasteiger partial charge in [0.15, 0.2) is 0 Å². The zero-order chi connectivity index (χ0) is 21.3. The highest BCUT2D eigenvalue weighted by Crippen LogP contribution is 2.38. The lowest BCUT2D eigenvalue weighted by atomic mass is 9.99. The summed E-state index contributed by atoms with van der Waals surface area (Å²) in [6.07, 6.45) is 6.06. The SMILES string of the molecule is CCN(C)Cc1ccc(S(=O)(=O)NC(=O)Nc2c3c(cc4c2CCC4)CCC3)cc1. The highest BCUT2D eigenvalue weighted by atomic mass is 32.2. The number of benzene rings is 2. The van der Waals surface area contributed by atoms with E-state index in [4.69, 9.17) is 0 Å². The van der Waals surface area contributed by atoms with Gasteiger partial charge < -0.3 is 10.2 Å². The Hall–Kier alpha value is -2.38. The molecular weight excluding hydrogens is 398 g/mol. The highest BCUT2D eigenvalue weighted by Gasteiger charge is 2.26. The summed E-state index contributed by atoms with van der Waals surface area (Å²) >= 11 is 0. The van der Waals surface area contributed by atoms with Crippen LogP contribution in [0.3, 0.4) is 0 Å². The number of nitrogens with one attached hydrogen (secondary N) is 2. The third kappa shape index (κ3) is 4.23. The fourth-order valence-corrected chi connectivity index (χ4v) is 5.39. The molecular formula is C23H29N3O3S. The topological polar surface area (TPSA) is 78.5 Å². The van der Waals surface area contributed by atoms with E-state index in [1.165, 1.54) is 22.3 Å². The Morgan fingerprint density at radius 2 is 1.60 bits per heavy atom. The van der Waals surface area contributed by atoms with Gasteiger partial charge in [-0.05, 0) is 92.1 Å². The summed E-state index contributed by atoms with van der Waals surface area (Å²) in [6, 6.07) is 8.26. The van der Waals surface area contributed by atoms with Crippen molar-refractivity contribution in [2.45, 2.75) is 56.9 Å². The second-order valence-electron chi connectivity index (χ2n) is 8.27. The van der Waals surface area contributed by atoms with Crippen LogP contribution in [0.4, 0.5) is 10.5 Å². The van der Waals surface area contributed by atoms with Crippen molar-refractivity contribution in [3.63, 3.8) is 0 Å². The van der Waals surface area contributed by atoms with E-state index in [1.807, 2.05) is 7.05 Å². The van der Waals surface area contributed by atoms with Gasteiger partial charge in [-0.2, -0.15) is 0 Å². The van der Waals surface area contributed by atoms with Crippen molar-refractivity contribution < 1.29 is 13.2 Å². The van der Waals surface area contributed by atoms with Crippen LogP contribution in [0.15, 0.2) is 35.2 Å². The summed E-state index contributed by atoms with van der Waals surface area (Å²) < 4.78 is 27.6. The predicted octanol–water partition coefficient (Wildman–Crippen LogP) is 3.63. The minimum Gasteiger partial charge on any atom is -0.307 e. The molecule has 0 fully saturated rings. The molecule has 2 aliphatic carbocycles. The molecule has 2 aromatic carbocycles. The summed E-state index contributed by atoms with van der Waals surface area (Å²) in [6.45, 7) is 3.72. The number of nitrogens with zero attached hydrogens (tertiary/aromatic N) is 1. The van der Waals surface area contributed by atoms with Gasteiger partial charge in [0, 0.05) is 12.2 Å². The average molecular weight is 428 g/mol. The first-order valence-electron chi connectivity index (χ1n) is 10.6. The van der Waals surface area contributed by atoms with Gasteiger partial charge >= 0.3 is 6.03 Å². The van der Waals surface area contributed by atoms with Gasteiger partial charge in [0.05, 0.1) is 4.90 Å². The van der Waals surface area contributed by atoms with Gasteiger partial charge in [-0.1, -0.05) is 25.1 Å². The Bertz CT molecular complexity index is 1030. The molecule has 160 valence electrons. The van der Waals surface area contributed by atoms with Crippen LogP contribution < -0.4 is 10.0 Å². The molecule has 2 aliphatic rings. The lowest BCUT2D eigenvalue weighted by Crippen LogP contribution is -2.35. The van der Waals surface area contributed by atoms with Crippen molar-refractivity contribution in [2.75, 3.05) is 18.9 Å². The van der Waals surface area contributed by atoms with Crippen LogP contribution in [0.2, 0.25) is 0 Å². The molecule has 30 heavy (non-hydrogen) atoms. The summed E-state index contributed by atoms with van der Waals surface area (Å²) in [4.78, 5) is 14.9. The Labute approximate surface area is 178 Å². The fourth-order valence-electron chi connectivity index (χ4n) is 4.48. The molecule has 0 atom stereocenters. The predicted molar refractivity (Wildman–Crippen MR) is 118 cm³/mol. The van der Waals surface area contributed by atoms with E-state index in [0.29, 0.717) is 0 Å². The molecule has 0 spiro atoms. The Kier molecular flexibility index (Phi) is 5.84. The summed E-state index contributed by atoms with van der Waals surface area (Å²) in [7, 11) is -1.93. The fraction of sp³-hybridized carbons (Fsp3) is 0.435. The minimum atomic E-state index is -3.93. The number of rotatable bonds is 6. The van der Waals surface area contributed by atoms with E-state index >= 15 is 0 Å². The molecule has 4 rings (SSSR count). The van der Waals surface area contributed by atoms with Gasteiger partial charge in [0.2, 0.25) is 0 Å². The first-order valence-corrected chi connectivity index (χ1v) is 12.1. The monoisotopic (exact) mass is 427 g/mol. The molecule has 7 heteroatoms. The Morgan fingerprint density at radius 1 is 1.00 bits per heavy atom. The molecule has 0 saturated carbocycles. The van der Waals surface area contributed by atoms with Crippen molar-refractivity contribution in [1.82, 2.24) is 9.62 Å². The van der Waals surface area contributed by atoms with Crippen LogP contribution in [0.25, 0.3) is 0 Å². The Morgan fingerprint density at radius 3 is 2.17 bits per heavy atom. The van der Waals surface area contributed by atoms with Crippen molar-refractivity contribution in [2.24, 2.45) is 0 Å². The summed E-state index contributed by atoms with van der Waals surface area (Å²) in [5, 5.41) is 2.88. The number of sulfonamides is 1. The molecule has 0 aliphatic heterocycles. The first kappa shape index (κ1) is 20.9. The number of carbonyl (C=O) groups is 1. The average Bonchev–Trinajstić information content (AvgIpc) is 3.37. The maximum absolute atomic E-state index is 12.7. The second kappa shape index (κ2) is 8.40. The van der Waals surface area contributed by atoms with Gasteiger partial charge in [0.1, 0.15) is 0 Å². The molecule has 2 N–H and O–H groups in total. The van der Waals surface area contributed by atoms with Crippen molar-refractivity contribution in [3.05, 3.63) is 58.1 Å². The molecule has 0 heterocycles. The number of anilines is 1. The number of hydrogen-bond acceptors (Lipinski definition) is 4. The second-order valence-corrected chi connectivity index (χ2v) is 9.95. The zero-order valence-corrected chi connectivity index (χ0v) is 18.4. The Balaban J connectivity index is 1.49. The third-order valence-corrected chi connectivity index (χ3v) is 7.51. The van der Waals surface area contributed by atoms with E-state index < -0.39 is 16.1 Å². The normalized spacial score (nSPS) is 15.2. The molecule has 0 aromatic heterocycles. The van der Waals surface area contributed by atoms with Crippen LogP contribution in [0.1, 0.15) is 47.6 Å². The molecule has 2 amide bonds. The van der Waals surface area contributed by atoms with Gasteiger partial charge in [-0.15, -0.1) is 0 Å².